The van der Waals surface area contributed by atoms with Crippen molar-refractivity contribution in [1.82, 2.24) is 0 Å². The number of unbranched alkanes of at least 4 members (excludes halogenated alkanes) is 5. The Morgan fingerprint density at radius 3 is 1.80 bits per heavy atom. The van der Waals surface area contributed by atoms with Gasteiger partial charge in [0.05, 0.1) is 0 Å². The van der Waals surface area contributed by atoms with Gasteiger partial charge in [-0.05, 0) is 0 Å². The first-order valence-corrected chi connectivity index (χ1v) is 13.6. The third-order valence-corrected chi connectivity index (χ3v) is 3.91. The van der Waals surface area contributed by atoms with Crippen LogP contribution in [0.4, 0.5) is 0 Å². The second kappa shape index (κ2) is 13.6. The Bertz CT molecular complexity index is 116. The van der Waals surface area contributed by atoms with E-state index in [2.05, 4.69) is 26.6 Å². The minimum Gasteiger partial charge on any atom is -0.309 e. The zero-order chi connectivity index (χ0) is 12.2. The molecule has 0 N–H and O–H groups in total. The maximum Gasteiger partial charge on any atom is 0.618 e. The summed E-state index contributed by atoms with van der Waals surface area (Å²) in [5, 5.41) is 0. The van der Waals surface area contributed by atoms with E-state index < -0.39 is 26.2 Å². The van der Waals surface area contributed by atoms with Crippen molar-refractivity contribution >= 4 is 44.4 Å². The largest absolute Gasteiger partial charge is 0.618 e. The van der Waals surface area contributed by atoms with Crippen LogP contribution in [0.25, 0.3) is 0 Å². The minimum atomic E-state index is -0.976. The lowest BCUT2D eigenvalue weighted by Gasteiger charge is -2.14. The van der Waals surface area contributed by atoms with Gasteiger partial charge in [-0.2, -0.15) is 0 Å². The smallest absolute Gasteiger partial charge is 0.309 e. The van der Waals surface area contributed by atoms with Gasteiger partial charge >= 0.3 is 18.2 Å². The summed E-state index contributed by atoms with van der Waals surface area (Å²) in [7, 11) is 8.83. The van der Waals surface area contributed by atoms with Crippen LogP contribution in [0.5, 0.6) is 0 Å². The summed E-state index contributed by atoms with van der Waals surface area (Å²) in [4.78, 5) is 0. The quantitative estimate of drug-likeness (QED) is 0.431. The first kappa shape index (κ1) is 18.9. The van der Waals surface area contributed by atoms with Crippen molar-refractivity contribution < 1.29 is 0 Å². The molecule has 0 aliphatic carbocycles. The Morgan fingerprint density at radius 1 is 1.00 bits per heavy atom. The molecule has 0 heterocycles. The van der Waals surface area contributed by atoms with E-state index in [1.54, 1.807) is 0 Å². The Morgan fingerprint density at radius 2 is 1.40 bits per heavy atom. The molecule has 0 atom stereocenters. The van der Waals surface area contributed by atoms with Gasteiger partial charge in [0.1, 0.15) is 0 Å². The summed E-state index contributed by atoms with van der Waals surface area (Å²) in [5.74, 6) is 0. The Kier molecular flexibility index (Phi) is 17.2. The fraction of sp³-hybridized carbons (Fsp3) is 0.909. The Balaban J connectivity index is 0. The van der Waals surface area contributed by atoms with Gasteiger partial charge in [0.15, 0.2) is 0 Å². The highest BCUT2D eigenvalue weighted by Crippen LogP contribution is 2.14. The molecule has 0 rings (SSSR count). The fourth-order valence-electron chi connectivity index (χ4n) is 1.38. The molecule has 0 fully saturated rings. The van der Waals surface area contributed by atoms with Crippen molar-refractivity contribution in [2.75, 3.05) is 0 Å². The predicted molar refractivity (Wildman–Crippen MR) is 78.5 cm³/mol. The number of hydrogen-bond acceptors (Lipinski definition) is 0. The number of rotatable bonds is 7. The van der Waals surface area contributed by atoms with Crippen LogP contribution >= 0.6 is 18.1 Å². The van der Waals surface area contributed by atoms with E-state index in [1.165, 1.54) is 44.6 Å². The Labute approximate surface area is 115 Å². The highest BCUT2D eigenvalue weighted by Gasteiger charge is 2.11. The molecule has 0 aromatic heterocycles. The molecule has 15 heavy (non-hydrogen) atoms. The maximum absolute atomic E-state index is 4.90. The third-order valence-electron chi connectivity index (χ3n) is 2.21. The average Bonchev–Trinajstić information content (AvgIpc) is 2.11. The summed E-state index contributed by atoms with van der Waals surface area (Å²) >= 11 is -0.639. The molecule has 1 radical (unpaired) electrons. The zero-order valence-corrected chi connectivity index (χ0v) is 14.5. The first-order chi connectivity index (χ1) is 6.97. The van der Waals surface area contributed by atoms with Gasteiger partial charge in [-0.25, -0.2) is 0 Å². The normalized spacial score (nSPS) is 10.3. The van der Waals surface area contributed by atoms with Crippen molar-refractivity contribution in [1.29, 1.82) is 0 Å². The number of halogens is 2. The van der Waals surface area contributed by atoms with Crippen LogP contribution in [0.15, 0.2) is 0 Å². The van der Waals surface area contributed by atoms with Crippen molar-refractivity contribution in [2.45, 2.75) is 64.6 Å². The fourth-order valence-corrected chi connectivity index (χ4v) is 2.59. The van der Waals surface area contributed by atoms with Crippen LogP contribution in [0.3, 0.4) is 0 Å². The molecule has 89 valence electrons. The molecular formula is C11H25Cl2MgSi. The molecule has 0 amide bonds. The lowest BCUT2D eigenvalue weighted by atomic mass is 10.1. The minimum absolute atomic E-state index is 0.639. The zero-order valence-electron chi connectivity index (χ0n) is 10.6. The molecule has 0 saturated heterocycles. The van der Waals surface area contributed by atoms with Gasteiger partial charge in [-0.15, -0.1) is 0 Å². The lowest BCUT2D eigenvalue weighted by molar-refractivity contribution is 0.622. The molecule has 4 heteroatoms. The van der Waals surface area contributed by atoms with Gasteiger partial charge < -0.3 is 18.1 Å². The van der Waals surface area contributed by atoms with E-state index in [9.17, 15) is 0 Å². The molecule has 0 aliphatic rings. The van der Waals surface area contributed by atoms with E-state index in [1.807, 2.05) is 0 Å². The van der Waals surface area contributed by atoms with Crippen molar-refractivity contribution in [3.8, 4) is 0 Å². The molecule has 0 aliphatic heterocycles. The van der Waals surface area contributed by atoms with Gasteiger partial charge in [-0.3, -0.25) is 0 Å². The van der Waals surface area contributed by atoms with Crippen molar-refractivity contribution in [3.05, 3.63) is 6.55 Å². The van der Waals surface area contributed by atoms with Gasteiger partial charge in [-0.1, -0.05) is 71.1 Å². The van der Waals surface area contributed by atoms with Crippen molar-refractivity contribution in [2.24, 2.45) is 0 Å². The Hall–Kier alpha value is 1.56. The molecule has 0 spiro atoms. The van der Waals surface area contributed by atoms with Crippen LogP contribution < -0.4 is 0 Å². The summed E-state index contributed by atoms with van der Waals surface area (Å²) in [5.41, 5.74) is 0. The van der Waals surface area contributed by atoms with Gasteiger partial charge in [0, 0.05) is 8.07 Å². The molecule has 0 nitrogen and oxygen atoms in total. The van der Waals surface area contributed by atoms with Crippen LogP contribution in [-0.2, 0) is 0 Å². The number of hydrogen-bond donors (Lipinski definition) is 0. The van der Waals surface area contributed by atoms with Crippen LogP contribution in [-0.4, -0.2) is 26.2 Å². The third kappa shape index (κ3) is 25.7. The molecule has 0 aromatic carbocycles. The monoisotopic (exact) mass is 279 g/mol. The van der Waals surface area contributed by atoms with E-state index in [0.29, 0.717) is 0 Å². The standard InChI is InChI=1S/C11H25Si.2ClH.Mg/c1-5-6-7-8-9-10-11-12(2,3)4;;;/h2,5-11H2,1,3-4H3;2*1H;/q;;;+2/p-2. The van der Waals surface area contributed by atoms with E-state index in [0.717, 1.165) is 0 Å². The second-order valence-electron chi connectivity index (χ2n) is 4.78. The summed E-state index contributed by atoms with van der Waals surface area (Å²) in [6.45, 7) is 11.2. The second-order valence-corrected chi connectivity index (χ2v) is 12.2. The molecule has 0 unspecified atom stereocenters. The summed E-state index contributed by atoms with van der Waals surface area (Å²) in [6, 6.07) is 1.42. The van der Waals surface area contributed by atoms with E-state index in [4.69, 9.17) is 18.1 Å². The summed E-state index contributed by atoms with van der Waals surface area (Å²) in [6.07, 6.45) is 8.52. The molecular weight excluding hydrogens is 255 g/mol. The first-order valence-electron chi connectivity index (χ1n) is 5.95. The summed E-state index contributed by atoms with van der Waals surface area (Å²) < 4.78 is 0. The lowest BCUT2D eigenvalue weighted by Crippen LogP contribution is -2.19. The highest BCUT2D eigenvalue weighted by molar-refractivity contribution is 7.22. The maximum atomic E-state index is 4.90. The highest BCUT2D eigenvalue weighted by atomic mass is 35.6. The average molecular weight is 281 g/mol. The van der Waals surface area contributed by atoms with Crippen molar-refractivity contribution in [3.63, 3.8) is 0 Å². The SMILES string of the molecule is [CH2][Si](C)(C)CCCCCCCC.[Cl][Mg][Cl]. The topological polar surface area (TPSA) is 0 Å². The van der Waals surface area contributed by atoms with Crippen LogP contribution in [0.1, 0.15) is 45.4 Å². The predicted octanol–water partition coefficient (Wildman–Crippen LogP) is 5.43. The van der Waals surface area contributed by atoms with Crippen LogP contribution in [0.2, 0.25) is 19.1 Å². The molecule has 0 saturated carbocycles. The van der Waals surface area contributed by atoms with E-state index >= 15 is 0 Å². The van der Waals surface area contributed by atoms with Gasteiger partial charge in [0.2, 0.25) is 0 Å². The molecule has 0 aromatic rings. The van der Waals surface area contributed by atoms with Crippen LogP contribution in [0, 0.1) is 6.55 Å². The van der Waals surface area contributed by atoms with Gasteiger partial charge in [0.25, 0.3) is 0 Å². The molecule has 0 bridgehead atoms. The van der Waals surface area contributed by atoms with E-state index in [-0.39, 0.29) is 0 Å².